The van der Waals surface area contributed by atoms with Crippen LogP contribution in [0.15, 0.2) is 24.7 Å². The van der Waals surface area contributed by atoms with Gasteiger partial charge < -0.3 is 19.3 Å². The summed E-state index contributed by atoms with van der Waals surface area (Å²) in [5.74, 6) is 1.38. The maximum absolute atomic E-state index is 8.32. The smallest absolute Gasteiger partial charge is 0.180 e. The Morgan fingerprint density at radius 3 is 1.86 bits per heavy atom. The van der Waals surface area contributed by atoms with Gasteiger partial charge in [0.25, 0.3) is 0 Å². The fourth-order valence-corrected chi connectivity index (χ4v) is 0.810. The number of hydrogen-bond acceptors (Lipinski definition) is 4. The van der Waals surface area contributed by atoms with Gasteiger partial charge in [0.2, 0.25) is 0 Å². The zero-order chi connectivity index (χ0) is 11.0. The lowest BCUT2D eigenvalue weighted by atomic mass is 10.6. The topological polar surface area (TPSA) is 47.9 Å². The molecule has 0 aromatic carbocycles. The highest BCUT2D eigenvalue weighted by Gasteiger charge is 2.12. The van der Waals surface area contributed by atoms with Crippen molar-refractivity contribution >= 4 is 0 Å². The van der Waals surface area contributed by atoms with Crippen molar-refractivity contribution < 1.29 is 19.3 Å². The predicted molar refractivity (Wildman–Crippen MR) is 53.5 cm³/mol. The van der Waals surface area contributed by atoms with Crippen molar-refractivity contribution in [1.82, 2.24) is 0 Å². The lowest BCUT2D eigenvalue weighted by Gasteiger charge is -2.00. The van der Waals surface area contributed by atoms with Gasteiger partial charge in [0.05, 0.1) is 31.3 Å². The zero-order valence-corrected chi connectivity index (χ0v) is 8.78. The second-order valence-electron chi connectivity index (χ2n) is 2.86. The maximum Gasteiger partial charge on any atom is 0.180 e. The molecule has 82 valence electrons. The van der Waals surface area contributed by atoms with Gasteiger partial charge >= 0.3 is 0 Å². The van der Waals surface area contributed by atoms with E-state index in [1.807, 2.05) is 0 Å². The molecule has 1 aliphatic heterocycles. The summed E-state index contributed by atoms with van der Waals surface area (Å²) in [6, 6.07) is 0. The Morgan fingerprint density at radius 2 is 1.71 bits per heavy atom. The van der Waals surface area contributed by atoms with E-state index >= 15 is 0 Å². The molecule has 0 atom stereocenters. The zero-order valence-electron chi connectivity index (χ0n) is 8.78. The molecular weight excluding hydrogens is 184 g/mol. The van der Waals surface area contributed by atoms with Gasteiger partial charge in [-0.1, -0.05) is 13.2 Å². The molecule has 0 aliphatic carbocycles. The number of rotatable bonds is 3. The first-order chi connectivity index (χ1) is 6.56. The molecule has 0 amide bonds. The Labute approximate surface area is 84.8 Å². The Hall–Kier alpha value is -0.840. The molecule has 0 bridgehead atoms. The standard InChI is InChI=1S/C6H10O.C4H8O3/c1-5(2)7-6(3)4;5-3-4-6-1-2-7-4/h1,3H2,2,4H3;4-5H,1-3H2. The summed E-state index contributed by atoms with van der Waals surface area (Å²) in [4.78, 5) is 0. The maximum atomic E-state index is 8.32. The van der Waals surface area contributed by atoms with E-state index in [0.717, 1.165) is 0 Å². The van der Waals surface area contributed by atoms with Gasteiger partial charge in [-0.25, -0.2) is 0 Å². The molecule has 14 heavy (non-hydrogen) atoms. The molecule has 0 spiro atoms. The summed E-state index contributed by atoms with van der Waals surface area (Å²) in [7, 11) is 0. The van der Waals surface area contributed by atoms with Gasteiger partial charge in [0.15, 0.2) is 6.29 Å². The summed E-state index contributed by atoms with van der Waals surface area (Å²) in [6.45, 7) is 11.8. The fraction of sp³-hybridized carbons (Fsp3) is 0.600. The van der Waals surface area contributed by atoms with Crippen molar-refractivity contribution in [3.8, 4) is 0 Å². The quantitative estimate of drug-likeness (QED) is 0.703. The Bertz CT molecular complexity index is 171. The molecule has 1 rings (SSSR count). The minimum Gasteiger partial charge on any atom is -0.468 e. The first-order valence-corrected chi connectivity index (χ1v) is 4.39. The van der Waals surface area contributed by atoms with E-state index in [9.17, 15) is 0 Å². The van der Waals surface area contributed by atoms with E-state index in [-0.39, 0.29) is 12.9 Å². The van der Waals surface area contributed by atoms with Crippen LogP contribution in [-0.4, -0.2) is 31.2 Å². The summed E-state index contributed by atoms with van der Waals surface area (Å²) >= 11 is 0. The molecule has 0 aromatic heterocycles. The highest BCUT2D eigenvalue weighted by molar-refractivity contribution is 4.85. The average Bonchev–Trinajstić information content (AvgIpc) is 2.53. The second-order valence-corrected chi connectivity index (χ2v) is 2.86. The SMILES string of the molecule is C=C(C)OC(=C)C.OCC1OCCO1. The number of aliphatic hydroxyl groups is 1. The molecule has 1 N–H and O–H groups in total. The summed E-state index contributed by atoms with van der Waals surface area (Å²) < 4.78 is 14.5. The third-order valence-electron chi connectivity index (χ3n) is 1.19. The van der Waals surface area contributed by atoms with E-state index in [0.29, 0.717) is 24.7 Å². The number of aliphatic hydroxyl groups excluding tert-OH is 1. The first kappa shape index (κ1) is 13.2. The number of allylic oxidation sites excluding steroid dienone is 2. The van der Waals surface area contributed by atoms with Crippen LogP contribution in [0, 0.1) is 0 Å². The van der Waals surface area contributed by atoms with Crippen LogP contribution in [0.2, 0.25) is 0 Å². The Balaban J connectivity index is 0.000000241. The van der Waals surface area contributed by atoms with Crippen molar-refractivity contribution in [3.05, 3.63) is 24.7 Å². The summed E-state index contributed by atoms with van der Waals surface area (Å²) in [6.07, 6.45) is -0.347. The van der Waals surface area contributed by atoms with Gasteiger partial charge in [-0.3, -0.25) is 0 Å². The molecule has 0 aromatic rings. The molecule has 4 nitrogen and oxygen atoms in total. The van der Waals surface area contributed by atoms with Gasteiger partial charge in [-0.05, 0) is 13.8 Å². The normalized spacial score (nSPS) is 15.6. The van der Waals surface area contributed by atoms with Gasteiger partial charge in [0, 0.05) is 0 Å². The number of ether oxygens (including phenoxy) is 3. The van der Waals surface area contributed by atoms with Crippen molar-refractivity contribution in [2.24, 2.45) is 0 Å². The molecule has 4 heteroatoms. The minimum atomic E-state index is -0.347. The highest BCUT2D eigenvalue weighted by Crippen LogP contribution is 2.00. The third-order valence-corrected chi connectivity index (χ3v) is 1.19. The largest absolute Gasteiger partial charge is 0.468 e. The fourth-order valence-electron chi connectivity index (χ4n) is 0.810. The Morgan fingerprint density at radius 1 is 1.29 bits per heavy atom. The van der Waals surface area contributed by atoms with Gasteiger partial charge in [-0.2, -0.15) is 0 Å². The Kier molecular flexibility index (Phi) is 7.10. The average molecular weight is 202 g/mol. The molecule has 0 unspecified atom stereocenters. The minimum absolute atomic E-state index is 0.0278. The lowest BCUT2D eigenvalue weighted by Crippen LogP contribution is -2.11. The van der Waals surface area contributed by atoms with Crippen LogP contribution in [0.25, 0.3) is 0 Å². The summed E-state index contributed by atoms with van der Waals surface area (Å²) in [5, 5.41) is 8.32. The van der Waals surface area contributed by atoms with Crippen LogP contribution >= 0.6 is 0 Å². The van der Waals surface area contributed by atoms with Crippen LogP contribution in [0.4, 0.5) is 0 Å². The molecule has 1 aliphatic rings. The molecule has 1 saturated heterocycles. The highest BCUT2D eigenvalue weighted by atomic mass is 16.7. The van der Waals surface area contributed by atoms with Crippen molar-refractivity contribution in [2.75, 3.05) is 19.8 Å². The number of hydrogen-bond donors (Lipinski definition) is 1. The van der Waals surface area contributed by atoms with Crippen LogP contribution in [-0.2, 0) is 14.2 Å². The van der Waals surface area contributed by atoms with Crippen LogP contribution in [0.5, 0.6) is 0 Å². The molecular formula is C10H18O4. The van der Waals surface area contributed by atoms with Crippen LogP contribution in [0.3, 0.4) is 0 Å². The first-order valence-electron chi connectivity index (χ1n) is 4.39. The lowest BCUT2D eigenvalue weighted by molar-refractivity contribution is -0.0747. The van der Waals surface area contributed by atoms with E-state index in [1.54, 1.807) is 13.8 Å². The monoisotopic (exact) mass is 202 g/mol. The molecule has 1 fully saturated rings. The second kappa shape index (κ2) is 7.55. The van der Waals surface area contributed by atoms with E-state index in [1.165, 1.54) is 0 Å². The van der Waals surface area contributed by atoms with E-state index < -0.39 is 0 Å². The van der Waals surface area contributed by atoms with Crippen LogP contribution in [0.1, 0.15) is 13.8 Å². The van der Waals surface area contributed by atoms with E-state index in [2.05, 4.69) is 13.2 Å². The molecule has 1 heterocycles. The summed E-state index contributed by atoms with van der Waals surface area (Å²) in [5.41, 5.74) is 0. The van der Waals surface area contributed by atoms with Gasteiger partial charge in [-0.15, -0.1) is 0 Å². The predicted octanol–water partition coefficient (Wildman–Crippen LogP) is 1.42. The van der Waals surface area contributed by atoms with E-state index in [4.69, 9.17) is 19.3 Å². The van der Waals surface area contributed by atoms with Crippen molar-refractivity contribution in [3.63, 3.8) is 0 Å². The van der Waals surface area contributed by atoms with Crippen molar-refractivity contribution in [1.29, 1.82) is 0 Å². The third kappa shape index (κ3) is 7.79. The molecule has 0 radical (unpaired) electrons. The van der Waals surface area contributed by atoms with Crippen LogP contribution < -0.4 is 0 Å². The van der Waals surface area contributed by atoms with Gasteiger partial charge in [0.1, 0.15) is 0 Å². The molecule has 0 saturated carbocycles. The van der Waals surface area contributed by atoms with Crippen molar-refractivity contribution in [2.45, 2.75) is 20.1 Å².